The van der Waals surface area contributed by atoms with Gasteiger partial charge < -0.3 is 15.8 Å². The molecule has 0 aliphatic carbocycles. The normalized spacial score (nSPS) is 30.2. The molecule has 2 fully saturated rings. The van der Waals surface area contributed by atoms with Crippen molar-refractivity contribution < 1.29 is 4.74 Å². The van der Waals surface area contributed by atoms with E-state index in [2.05, 4.69) is 11.9 Å². The Labute approximate surface area is 126 Å². The van der Waals surface area contributed by atoms with E-state index >= 15 is 0 Å². The summed E-state index contributed by atoms with van der Waals surface area (Å²) in [5.41, 5.74) is 5.75. The second-order valence-corrected chi connectivity index (χ2v) is 6.11. The summed E-state index contributed by atoms with van der Waals surface area (Å²) in [4.78, 5) is 0. The molecule has 3 nitrogen and oxygen atoms in total. The van der Waals surface area contributed by atoms with Gasteiger partial charge in [0.1, 0.15) is 11.9 Å². The van der Waals surface area contributed by atoms with Crippen LogP contribution in [0.3, 0.4) is 0 Å². The molecule has 2 saturated heterocycles. The molecule has 0 saturated carbocycles. The van der Waals surface area contributed by atoms with Gasteiger partial charge in [-0.25, -0.2) is 0 Å². The van der Waals surface area contributed by atoms with Gasteiger partial charge in [0.25, 0.3) is 0 Å². The average Bonchev–Trinajstić information content (AvgIpc) is 2.48. The van der Waals surface area contributed by atoms with Gasteiger partial charge in [0.2, 0.25) is 0 Å². The zero-order valence-electron chi connectivity index (χ0n) is 12.4. The largest absolute Gasteiger partial charge is 0.489 e. The molecule has 2 bridgehead atoms. The Balaban J connectivity index is 1.72. The minimum absolute atomic E-state index is 0.268. The molecule has 1 unspecified atom stereocenters. The lowest BCUT2D eigenvalue weighted by atomic mass is 9.85. The Morgan fingerprint density at radius 3 is 2.62 bits per heavy atom. The molecule has 1 aromatic rings. The number of hydrogen-bond donors (Lipinski definition) is 2. The molecule has 0 spiro atoms. The number of allylic oxidation sites excluding steroid dienone is 1. The first-order valence-electron chi connectivity index (χ1n) is 7.85. The van der Waals surface area contributed by atoms with Crippen molar-refractivity contribution in [3.63, 3.8) is 0 Å². The second-order valence-electron chi connectivity index (χ2n) is 6.11. The average molecular weight is 284 g/mol. The highest BCUT2D eigenvalue weighted by Gasteiger charge is 2.32. The van der Waals surface area contributed by atoms with E-state index in [0.717, 1.165) is 29.0 Å². The summed E-state index contributed by atoms with van der Waals surface area (Å²) in [5.74, 6) is 0.746. The SMILES string of the molecule is C=c1cccc/c1=C/C(=C\N)OC1C[C@H]2CCC[C@@H](C1)N2. The van der Waals surface area contributed by atoms with Crippen molar-refractivity contribution in [1.29, 1.82) is 0 Å². The molecular formula is C18H24N2O. The van der Waals surface area contributed by atoms with Crippen molar-refractivity contribution in [3.05, 3.63) is 46.7 Å². The Morgan fingerprint density at radius 2 is 1.95 bits per heavy atom. The topological polar surface area (TPSA) is 47.3 Å². The predicted molar refractivity (Wildman–Crippen MR) is 86.6 cm³/mol. The summed E-state index contributed by atoms with van der Waals surface area (Å²) in [6, 6.07) is 9.24. The molecule has 3 rings (SSSR count). The van der Waals surface area contributed by atoms with E-state index in [1.54, 1.807) is 6.20 Å². The molecule has 3 N–H and O–H groups in total. The summed E-state index contributed by atoms with van der Waals surface area (Å²) in [6.07, 6.45) is 9.85. The molecule has 3 atom stereocenters. The minimum Gasteiger partial charge on any atom is -0.489 e. The number of nitrogens with two attached hydrogens (primary N) is 1. The summed E-state index contributed by atoms with van der Waals surface area (Å²) >= 11 is 0. The lowest BCUT2D eigenvalue weighted by Crippen LogP contribution is -2.50. The van der Waals surface area contributed by atoms with Gasteiger partial charge in [-0.15, -0.1) is 0 Å². The molecule has 2 heterocycles. The van der Waals surface area contributed by atoms with Crippen LogP contribution in [-0.4, -0.2) is 18.2 Å². The highest BCUT2D eigenvalue weighted by molar-refractivity contribution is 5.43. The Morgan fingerprint density at radius 1 is 1.24 bits per heavy atom. The molecule has 0 aromatic heterocycles. The van der Waals surface area contributed by atoms with Crippen LogP contribution in [0.5, 0.6) is 0 Å². The van der Waals surface area contributed by atoms with Crippen molar-refractivity contribution >= 4 is 12.7 Å². The van der Waals surface area contributed by atoms with Gasteiger partial charge in [0, 0.05) is 18.3 Å². The summed E-state index contributed by atoms with van der Waals surface area (Å²) in [6.45, 7) is 4.04. The van der Waals surface area contributed by atoms with E-state index in [9.17, 15) is 0 Å². The summed E-state index contributed by atoms with van der Waals surface area (Å²) in [7, 11) is 0. The summed E-state index contributed by atoms with van der Waals surface area (Å²) < 4.78 is 6.15. The van der Waals surface area contributed by atoms with Gasteiger partial charge in [-0.3, -0.25) is 0 Å². The molecule has 21 heavy (non-hydrogen) atoms. The third-order valence-corrected chi connectivity index (χ3v) is 4.49. The highest BCUT2D eigenvalue weighted by atomic mass is 16.5. The van der Waals surface area contributed by atoms with E-state index in [1.807, 2.05) is 30.3 Å². The van der Waals surface area contributed by atoms with E-state index in [-0.39, 0.29) is 6.10 Å². The van der Waals surface area contributed by atoms with Crippen LogP contribution in [0, 0.1) is 0 Å². The Kier molecular flexibility index (Phi) is 4.30. The molecule has 112 valence electrons. The van der Waals surface area contributed by atoms with Crippen LogP contribution in [0.25, 0.3) is 12.7 Å². The van der Waals surface area contributed by atoms with Crippen molar-refractivity contribution in [1.82, 2.24) is 5.32 Å². The van der Waals surface area contributed by atoms with Gasteiger partial charge in [0.15, 0.2) is 0 Å². The van der Waals surface area contributed by atoms with Crippen molar-refractivity contribution in [3.8, 4) is 0 Å². The lowest BCUT2D eigenvalue weighted by Gasteiger charge is -2.40. The quantitative estimate of drug-likeness (QED) is 0.824. The fraction of sp³-hybridized carbons (Fsp3) is 0.444. The predicted octanol–water partition coefficient (Wildman–Crippen LogP) is 1.37. The van der Waals surface area contributed by atoms with Crippen LogP contribution < -0.4 is 21.5 Å². The van der Waals surface area contributed by atoms with Crippen LogP contribution in [0.1, 0.15) is 32.1 Å². The minimum atomic E-state index is 0.268. The number of fused-ring (bicyclic) bond motifs is 2. The maximum Gasteiger partial charge on any atom is 0.135 e. The van der Waals surface area contributed by atoms with E-state index in [4.69, 9.17) is 10.5 Å². The first-order chi connectivity index (χ1) is 10.2. The van der Waals surface area contributed by atoms with Crippen molar-refractivity contribution in [2.75, 3.05) is 0 Å². The van der Waals surface area contributed by atoms with Gasteiger partial charge in [-0.05, 0) is 42.2 Å². The Bertz CT molecular complexity index is 610. The van der Waals surface area contributed by atoms with Crippen LogP contribution in [-0.2, 0) is 4.74 Å². The maximum atomic E-state index is 6.15. The number of hydrogen-bond acceptors (Lipinski definition) is 3. The van der Waals surface area contributed by atoms with Crippen LogP contribution in [0.4, 0.5) is 0 Å². The molecule has 3 heteroatoms. The van der Waals surface area contributed by atoms with Crippen LogP contribution >= 0.6 is 0 Å². The zero-order chi connectivity index (χ0) is 14.7. The maximum absolute atomic E-state index is 6.15. The van der Waals surface area contributed by atoms with Crippen LogP contribution in [0.15, 0.2) is 36.2 Å². The van der Waals surface area contributed by atoms with E-state index in [0.29, 0.717) is 12.1 Å². The number of ether oxygens (including phenoxy) is 1. The second kappa shape index (κ2) is 6.35. The van der Waals surface area contributed by atoms with Gasteiger partial charge >= 0.3 is 0 Å². The van der Waals surface area contributed by atoms with E-state index in [1.165, 1.54) is 19.3 Å². The monoisotopic (exact) mass is 284 g/mol. The molecule has 0 amide bonds. The first-order valence-corrected chi connectivity index (χ1v) is 7.85. The first kappa shape index (κ1) is 14.2. The fourth-order valence-corrected chi connectivity index (χ4v) is 3.45. The number of rotatable bonds is 3. The molecule has 2 aliphatic rings. The molecule has 1 aromatic carbocycles. The van der Waals surface area contributed by atoms with Crippen LogP contribution in [0.2, 0.25) is 0 Å². The lowest BCUT2D eigenvalue weighted by molar-refractivity contribution is 0.0495. The third-order valence-electron chi connectivity index (χ3n) is 4.49. The number of piperidine rings is 2. The highest BCUT2D eigenvalue weighted by Crippen LogP contribution is 2.28. The Hall–Kier alpha value is -1.74. The standard InChI is InChI=1S/C18H24N2O/c1-13-5-2-3-6-14(13)9-18(12-19)21-17-10-15-7-4-8-16(11-17)20-15/h2-3,5-6,9,12,15-17,20H,1,4,7-8,10-11,19H2/b14-9-,18-12+/t15-,16+,17?. The summed E-state index contributed by atoms with van der Waals surface area (Å²) in [5, 5.41) is 5.73. The van der Waals surface area contributed by atoms with Gasteiger partial charge in [0.05, 0.1) is 0 Å². The van der Waals surface area contributed by atoms with Gasteiger partial charge in [-0.1, -0.05) is 37.3 Å². The third kappa shape index (κ3) is 3.48. The van der Waals surface area contributed by atoms with Gasteiger partial charge in [-0.2, -0.15) is 0 Å². The number of benzene rings is 1. The number of nitrogens with one attached hydrogen (secondary N) is 1. The van der Waals surface area contributed by atoms with E-state index < -0.39 is 0 Å². The fourth-order valence-electron chi connectivity index (χ4n) is 3.45. The molecule has 0 radical (unpaired) electrons. The zero-order valence-corrected chi connectivity index (χ0v) is 12.4. The molecular weight excluding hydrogens is 260 g/mol. The van der Waals surface area contributed by atoms with Crippen molar-refractivity contribution in [2.24, 2.45) is 5.73 Å². The molecule has 2 aliphatic heterocycles. The smallest absolute Gasteiger partial charge is 0.135 e. The van der Waals surface area contributed by atoms with Crippen molar-refractivity contribution in [2.45, 2.75) is 50.3 Å².